The lowest BCUT2D eigenvalue weighted by Gasteiger charge is -2.04. The van der Waals surface area contributed by atoms with Gasteiger partial charge in [-0.15, -0.1) is 11.3 Å². The summed E-state index contributed by atoms with van der Waals surface area (Å²) in [5.74, 6) is 0.797. The Morgan fingerprint density at radius 3 is 2.68 bits per heavy atom. The minimum absolute atomic E-state index is 0.220. The van der Waals surface area contributed by atoms with Crippen molar-refractivity contribution in [2.75, 3.05) is 0 Å². The number of thiophene rings is 1. The van der Waals surface area contributed by atoms with Crippen molar-refractivity contribution < 1.29 is 4.42 Å². The number of rotatable bonds is 2. The van der Waals surface area contributed by atoms with Crippen LogP contribution in [0, 0.1) is 6.92 Å². The highest BCUT2D eigenvalue weighted by Gasteiger charge is 2.17. The summed E-state index contributed by atoms with van der Waals surface area (Å²) in [5, 5.41) is 1.08. The Bertz CT molecular complexity index is 747. The van der Waals surface area contributed by atoms with E-state index in [9.17, 15) is 0 Å². The number of aryl methyl sites for hydroxylation is 1. The quantitative estimate of drug-likeness (QED) is 0.627. The van der Waals surface area contributed by atoms with Crippen LogP contribution < -0.4 is 5.73 Å². The molecule has 0 fully saturated rings. The van der Waals surface area contributed by atoms with Gasteiger partial charge in [0.2, 0.25) is 0 Å². The van der Waals surface area contributed by atoms with Gasteiger partial charge >= 0.3 is 0 Å². The first-order valence-electron chi connectivity index (χ1n) is 5.75. The maximum absolute atomic E-state index is 6.27. The van der Waals surface area contributed by atoms with Gasteiger partial charge in [0.15, 0.2) is 0 Å². The number of hydrogen-bond acceptors (Lipinski definition) is 3. The van der Waals surface area contributed by atoms with Crippen LogP contribution in [-0.4, -0.2) is 0 Å². The summed E-state index contributed by atoms with van der Waals surface area (Å²) in [4.78, 5) is 1.09. The Labute approximate surface area is 131 Å². The van der Waals surface area contributed by atoms with Crippen molar-refractivity contribution in [2.24, 2.45) is 5.73 Å². The summed E-state index contributed by atoms with van der Waals surface area (Å²) in [6.07, 6.45) is 0. The molecule has 0 aliphatic carbocycles. The van der Waals surface area contributed by atoms with Crippen LogP contribution in [0.5, 0.6) is 0 Å². The molecule has 2 nitrogen and oxygen atoms in total. The molecule has 0 aliphatic heterocycles. The second-order valence-corrected chi connectivity index (χ2v) is 7.82. The lowest BCUT2D eigenvalue weighted by molar-refractivity contribution is 0.526. The highest BCUT2D eigenvalue weighted by atomic mass is 79.9. The molecular formula is C14H11Br2NOS. The molecule has 0 amide bonds. The molecule has 3 aromatic rings. The summed E-state index contributed by atoms with van der Waals surface area (Å²) >= 11 is 8.59. The van der Waals surface area contributed by atoms with Crippen molar-refractivity contribution in [2.45, 2.75) is 13.0 Å². The van der Waals surface area contributed by atoms with Gasteiger partial charge in [0.25, 0.3) is 0 Å². The molecule has 0 radical (unpaired) electrons. The molecule has 19 heavy (non-hydrogen) atoms. The molecule has 0 saturated carbocycles. The summed E-state index contributed by atoms with van der Waals surface area (Å²) < 4.78 is 8.05. The van der Waals surface area contributed by atoms with Gasteiger partial charge in [-0.3, -0.25) is 0 Å². The zero-order valence-corrected chi connectivity index (χ0v) is 14.1. The molecule has 1 aromatic carbocycles. The fourth-order valence-electron chi connectivity index (χ4n) is 2.09. The van der Waals surface area contributed by atoms with Crippen LogP contribution in [0.4, 0.5) is 0 Å². The number of benzene rings is 1. The predicted molar refractivity (Wildman–Crippen MR) is 86.7 cm³/mol. The second kappa shape index (κ2) is 5.05. The number of halogens is 2. The zero-order chi connectivity index (χ0) is 13.6. The lowest BCUT2D eigenvalue weighted by Crippen LogP contribution is -2.08. The first-order valence-corrected chi connectivity index (χ1v) is 8.15. The fourth-order valence-corrected chi connectivity index (χ4v) is 4.12. The molecule has 2 heterocycles. The van der Waals surface area contributed by atoms with Crippen LogP contribution in [0.3, 0.4) is 0 Å². The van der Waals surface area contributed by atoms with Crippen LogP contribution in [0.1, 0.15) is 22.2 Å². The minimum Gasteiger partial charge on any atom is -0.459 e. The van der Waals surface area contributed by atoms with Gasteiger partial charge < -0.3 is 10.2 Å². The molecule has 0 aliphatic rings. The van der Waals surface area contributed by atoms with Crippen LogP contribution in [-0.2, 0) is 0 Å². The van der Waals surface area contributed by atoms with Crippen LogP contribution >= 0.6 is 43.2 Å². The number of fused-ring (bicyclic) bond motifs is 1. The maximum Gasteiger partial charge on any atom is 0.137 e. The summed E-state index contributed by atoms with van der Waals surface area (Å²) in [7, 11) is 0. The molecule has 0 saturated heterocycles. The average molecular weight is 401 g/mol. The summed E-state index contributed by atoms with van der Waals surface area (Å²) in [6.45, 7) is 2.04. The van der Waals surface area contributed by atoms with Gasteiger partial charge in [0.05, 0.1) is 9.83 Å². The molecule has 1 atom stereocenters. The molecule has 1 unspecified atom stereocenters. The van der Waals surface area contributed by atoms with E-state index in [0.717, 1.165) is 35.4 Å². The van der Waals surface area contributed by atoms with Crippen molar-refractivity contribution in [3.8, 4) is 0 Å². The monoisotopic (exact) mass is 399 g/mol. The Morgan fingerprint density at radius 1 is 1.21 bits per heavy atom. The highest BCUT2D eigenvalue weighted by molar-refractivity contribution is 9.11. The van der Waals surface area contributed by atoms with Gasteiger partial charge in [-0.1, -0.05) is 15.9 Å². The third kappa shape index (κ3) is 2.52. The molecule has 98 valence electrons. The normalized spacial score (nSPS) is 13.1. The van der Waals surface area contributed by atoms with E-state index in [1.54, 1.807) is 11.3 Å². The summed E-state index contributed by atoms with van der Waals surface area (Å²) in [6, 6.07) is 9.92. The maximum atomic E-state index is 6.27. The van der Waals surface area contributed by atoms with E-state index in [1.807, 2.05) is 37.3 Å². The van der Waals surface area contributed by atoms with E-state index in [-0.39, 0.29) is 6.04 Å². The van der Waals surface area contributed by atoms with Crippen molar-refractivity contribution in [1.82, 2.24) is 0 Å². The average Bonchev–Trinajstić information content (AvgIpc) is 2.94. The van der Waals surface area contributed by atoms with Gasteiger partial charge in [0, 0.05) is 14.7 Å². The molecule has 3 rings (SSSR count). The third-order valence-electron chi connectivity index (χ3n) is 2.99. The van der Waals surface area contributed by atoms with Crippen molar-refractivity contribution in [1.29, 1.82) is 0 Å². The van der Waals surface area contributed by atoms with Crippen molar-refractivity contribution in [3.05, 3.63) is 54.8 Å². The highest BCUT2D eigenvalue weighted by Crippen LogP contribution is 2.34. The molecule has 2 aromatic heterocycles. The predicted octanol–water partition coefficient (Wildman–Crippen LogP) is 5.38. The molecule has 5 heteroatoms. The Hall–Kier alpha value is -0.620. The standard InChI is InChI=1S/C14H11Br2NOS/c1-7-4-9(15)5-8-6-10(18-14(7)8)13(17)11-2-3-12(16)19-11/h2-6,13H,17H2,1H3. The fraction of sp³-hybridized carbons (Fsp3) is 0.143. The van der Waals surface area contributed by atoms with E-state index in [4.69, 9.17) is 10.2 Å². The molecular weight excluding hydrogens is 390 g/mol. The van der Waals surface area contributed by atoms with Crippen LogP contribution in [0.2, 0.25) is 0 Å². The van der Waals surface area contributed by atoms with E-state index in [0.29, 0.717) is 0 Å². The topological polar surface area (TPSA) is 39.2 Å². The number of nitrogens with two attached hydrogens (primary N) is 1. The Balaban J connectivity index is 2.08. The van der Waals surface area contributed by atoms with Crippen LogP contribution in [0.25, 0.3) is 11.0 Å². The van der Waals surface area contributed by atoms with Gasteiger partial charge in [-0.25, -0.2) is 0 Å². The first kappa shape index (κ1) is 13.4. The number of furan rings is 1. The minimum atomic E-state index is -0.220. The van der Waals surface area contributed by atoms with Gasteiger partial charge in [0.1, 0.15) is 11.3 Å². The third-order valence-corrected chi connectivity index (χ3v) is 5.16. The smallest absolute Gasteiger partial charge is 0.137 e. The molecule has 0 bridgehead atoms. The Morgan fingerprint density at radius 2 is 2.00 bits per heavy atom. The zero-order valence-electron chi connectivity index (χ0n) is 10.1. The Kier molecular flexibility index (Phi) is 3.55. The van der Waals surface area contributed by atoms with E-state index < -0.39 is 0 Å². The molecule has 0 spiro atoms. The number of hydrogen-bond donors (Lipinski definition) is 1. The first-order chi connectivity index (χ1) is 9.04. The lowest BCUT2D eigenvalue weighted by atomic mass is 10.1. The van der Waals surface area contributed by atoms with E-state index >= 15 is 0 Å². The van der Waals surface area contributed by atoms with E-state index in [2.05, 4.69) is 31.9 Å². The summed E-state index contributed by atoms with van der Waals surface area (Å²) in [5.41, 5.74) is 8.28. The second-order valence-electron chi connectivity index (χ2n) is 4.41. The van der Waals surface area contributed by atoms with Crippen molar-refractivity contribution in [3.63, 3.8) is 0 Å². The van der Waals surface area contributed by atoms with Crippen LogP contribution in [0.15, 0.2) is 43.0 Å². The largest absolute Gasteiger partial charge is 0.459 e. The molecule has 2 N–H and O–H groups in total. The van der Waals surface area contributed by atoms with E-state index in [1.165, 1.54) is 0 Å². The van der Waals surface area contributed by atoms with Crippen molar-refractivity contribution >= 4 is 54.2 Å². The van der Waals surface area contributed by atoms with Gasteiger partial charge in [-0.05, 0) is 58.7 Å². The SMILES string of the molecule is Cc1cc(Br)cc2cc(C(N)c3ccc(Br)s3)oc12. The van der Waals surface area contributed by atoms with Gasteiger partial charge in [-0.2, -0.15) is 0 Å².